The molecule has 0 bridgehead atoms. The maximum Gasteiger partial charge on any atom is 0.336 e. The van der Waals surface area contributed by atoms with Crippen LogP contribution in [0.4, 0.5) is 0 Å². The summed E-state index contributed by atoms with van der Waals surface area (Å²) in [5.41, 5.74) is 4.80. The topological polar surface area (TPSA) is 134 Å². The van der Waals surface area contributed by atoms with Gasteiger partial charge in [0.2, 0.25) is 5.91 Å². The third-order valence-electron chi connectivity index (χ3n) is 6.50. The number of carboxylic acid groups (broad SMARTS) is 1. The first-order valence-electron chi connectivity index (χ1n) is 13.0. The van der Waals surface area contributed by atoms with Gasteiger partial charge < -0.3 is 15.0 Å². The van der Waals surface area contributed by atoms with E-state index in [1.165, 1.54) is 0 Å². The zero-order chi connectivity index (χ0) is 28.5. The van der Waals surface area contributed by atoms with Gasteiger partial charge in [-0.05, 0) is 41.5 Å². The highest BCUT2D eigenvalue weighted by Crippen LogP contribution is 2.26. The van der Waals surface area contributed by atoms with Crippen LogP contribution in [0.2, 0.25) is 5.15 Å². The molecule has 0 aliphatic rings. The molecule has 10 heteroatoms. The number of rotatable bonds is 13. The number of aromatic carboxylic acids is 1. The minimum Gasteiger partial charge on any atom is -0.478 e. The number of aromatic nitrogens is 2. The standard InChI is InChI=1S/C29H35ClN4O5/c1-4-5-10-25-32-26(30)24(16-31-27(35)23(15-18(2)3)28(36)33-39)34(25)17-19-11-13-20(14-12-19)21-8-6-7-9-22(21)29(37)38/h6-9,11-14,18,23,39H,4-5,10,15-17H2,1-3H3,(H,31,35)(H,33,36)(H,37,38). The van der Waals surface area contributed by atoms with Crippen LogP contribution in [0, 0.1) is 11.8 Å². The van der Waals surface area contributed by atoms with Gasteiger partial charge in [-0.15, -0.1) is 0 Å². The zero-order valence-electron chi connectivity index (χ0n) is 22.4. The summed E-state index contributed by atoms with van der Waals surface area (Å²) in [4.78, 5) is 41.1. The number of aryl methyl sites for hydroxylation is 1. The quantitative estimate of drug-likeness (QED) is 0.132. The second-order valence-corrected chi connectivity index (χ2v) is 10.2. The van der Waals surface area contributed by atoms with Crippen molar-refractivity contribution in [1.82, 2.24) is 20.3 Å². The normalized spacial score (nSPS) is 11.8. The molecule has 0 fully saturated rings. The molecule has 1 unspecified atom stereocenters. The maximum absolute atomic E-state index is 12.9. The van der Waals surface area contributed by atoms with Crippen molar-refractivity contribution >= 4 is 29.4 Å². The molecular formula is C29H35ClN4O5. The van der Waals surface area contributed by atoms with E-state index in [-0.39, 0.29) is 29.6 Å². The van der Waals surface area contributed by atoms with Crippen molar-refractivity contribution in [2.75, 3.05) is 0 Å². The summed E-state index contributed by atoms with van der Waals surface area (Å²) < 4.78 is 1.97. The molecule has 2 aromatic carbocycles. The van der Waals surface area contributed by atoms with Gasteiger partial charge >= 0.3 is 5.97 Å². The number of carbonyl (C=O) groups is 3. The first-order chi connectivity index (χ1) is 18.7. The van der Waals surface area contributed by atoms with Gasteiger partial charge in [0.1, 0.15) is 11.7 Å². The summed E-state index contributed by atoms with van der Waals surface area (Å²) in [6.07, 6.45) is 2.88. The van der Waals surface area contributed by atoms with E-state index in [4.69, 9.17) is 16.8 Å². The minimum atomic E-state index is -1.04. The Labute approximate surface area is 233 Å². The highest BCUT2D eigenvalue weighted by molar-refractivity contribution is 6.30. The summed E-state index contributed by atoms with van der Waals surface area (Å²) in [5, 5.41) is 21.7. The van der Waals surface area contributed by atoms with Gasteiger partial charge in [-0.1, -0.05) is 81.3 Å². The number of hydrogen-bond donors (Lipinski definition) is 4. The van der Waals surface area contributed by atoms with Crippen molar-refractivity contribution in [3.8, 4) is 11.1 Å². The van der Waals surface area contributed by atoms with Crippen molar-refractivity contribution in [3.63, 3.8) is 0 Å². The van der Waals surface area contributed by atoms with E-state index in [0.29, 0.717) is 24.2 Å². The average Bonchev–Trinajstić information content (AvgIpc) is 3.22. The molecular weight excluding hydrogens is 520 g/mol. The third kappa shape index (κ3) is 7.68. The van der Waals surface area contributed by atoms with E-state index in [9.17, 15) is 19.5 Å². The van der Waals surface area contributed by atoms with E-state index in [2.05, 4.69) is 17.2 Å². The summed E-state index contributed by atoms with van der Waals surface area (Å²) in [6.45, 7) is 6.38. The van der Waals surface area contributed by atoms with Gasteiger partial charge in [0.05, 0.1) is 17.8 Å². The smallest absolute Gasteiger partial charge is 0.336 e. The van der Waals surface area contributed by atoms with E-state index in [1.54, 1.807) is 29.7 Å². The Bertz CT molecular complexity index is 1300. The highest BCUT2D eigenvalue weighted by Gasteiger charge is 2.28. The molecule has 2 amide bonds. The van der Waals surface area contributed by atoms with Crippen molar-refractivity contribution < 1.29 is 24.7 Å². The van der Waals surface area contributed by atoms with Crippen molar-refractivity contribution in [1.29, 1.82) is 0 Å². The molecule has 0 aliphatic carbocycles. The number of carboxylic acids is 1. The van der Waals surface area contributed by atoms with E-state index >= 15 is 0 Å². The maximum atomic E-state index is 12.9. The summed E-state index contributed by atoms with van der Waals surface area (Å²) in [5.74, 6) is -2.42. The molecule has 9 nitrogen and oxygen atoms in total. The summed E-state index contributed by atoms with van der Waals surface area (Å²) in [6, 6.07) is 14.5. The lowest BCUT2D eigenvalue weighted by atomic mass is 9.95. The number of benzene rings is 2. The number of hydroxylamine groups is 1. The largest absolute Gasteiger partial charge is 0.478 e. The van der Waals surface area contributed by atoms with Crippen LogP contribution in [0.5, 0.6) is 0 Å². The molecule has 1 atom stereocenters. The Morgan fingerprint density at radius 3 is 2.36 bits per heavy atom. The van der Waals surface area contributed by atoms with Gasteiger partial charge in [-0.25, -0.2) is 15.3 Å². The Kier molecular flexibility index (Phi) is 10.7. The number of imidazole rings is 1. The number of halogens is 1. The Balaban J connectivity index is 1.86. The molecule has 3 rings (SSSR count). The molecule has 39 heavy (non-hydrogen) atoms. The SMILES string of the molecule is CCCCc1nc(Cl)c(CNC(=O)C(CC(C)C)C(=O)NO)n1Cc1ccc(-c2ccccc2C(=O)O)cc1. The molecule has 0 saturated carbocycles. The number of amides is 2. The van der Waals surface area contributed by atoms with Crippen LogP contribution < -0.4 is 10.8 Å². The first kappa shape index (κ1) is 29.9. The van der Waals surface area contributed by atoms with Crippen LogP contribution in [0.1, 0.15) is 67.5 Å². The van der Waals surface area contributed by atoms with Gasteiger partial charge in [0.25, 0.3) is 5.91 Å². The fourth-order valence-corrected chi connectivity index (χ4v) is 4.72. The van der Waals surface area contributed by atoms with Crippen LogP contribution >= 0.6 is 11.6 Å². The van der Waals surface area contributed by atoms with Gasteiger partial charge in [-0.2, -0.15) is 0 Å². The summed E-state index contributed by atoms with van der Waals surface area (Å²) >= 11 is 6.53. The van der Waals surface area contributed by atoms with Gasteiger partial charge in [0.15, 0.2) is 5.15 Å². The predicted molar refractivity (Wildman–Crippen MR) is 149 cm³/mol. The third-order valence-corrected chi connectivity index (χ3v) is 6.80. The monoisotopic (exact) mass is 554 g/mol. The number of unbranched alkanes of at least 4 members (excludes halogenated alkanes) is 1. The molecule has 0 saturated heterocycles. The van der Waals surface area contributed by atoms with E-state index < -0.39 is 23.7 Å². The molecule has 3 aromatic rings. The van der Waals surface area contributed by atoms with Crippen LogP contribution in [0.15, 0.2) is 48.5 Å². The Morgan fingerprint density at radius 2 is 1.74 bits per heavy atom. The molecule has 0 spiro atoms. The Hall–Kier alpha value is -3.69. The average molecular weight is 555 g/mol. The van der Waals surface area contributed by atoms with Crippen LogP contribution in [0.25, 0.3) is 11.1 Å². The minimum absolute atomic E-state index is 0.0637. The van der Waals surface area contributed by atoms with Crippen molar-refractivity contribution in [2.24, 2.45) is 11.8 Å². The van der Waals surface area contributed by atoms with Crippen molar-refractivity contribution in [3.05, 3.63) is 76.3 Å². The first-order valence-corrected chi connectivity index (χ1v) is 13.4. The molecule has 1 heterocycles. The lowest BCUT2D eigenvalue weighted by Gasteiger charge is -2.18. The summed E-state index contributed by atoms with van der Waals surface area (Å²) in [7, 11) is 0. The number of hydrogen-bond acceptors (Lipinski definition) is 5. The molecule has 0 radical (unpaired) electrons. The predicted octanol–water partition coefficient (Wildman–Crippen LogP) is 5.08. The fourth-order valence-electron chi connectivity index (χ4n) is 4.46. The second kappa shape index (κ2) is 13.9. The highest BCUT2D eigenvalue weighted by atomic mass is 35.5. The number of carbonyl (C=O) groups excluding carboxylic acids is 2. The Morgan fingerprint density at radius 1 is 1.05 bits per heavy atom. The van der Waals surface area contributed by atoms with Crippen LogP contribution in [-0.4, -0.2) is 37.6 Å². The van der Waals surface area contributed by atoms with Crippen LogP contribution in [-0.2, 0) is 29.1 Å². The molecule has 208 valence electrons. The molecule has 1 aromatic heterocycles. The van der Waals surface area contributed by atoms with Crippen molar-refractivity contribution in [2.45, 2.75) is 59.5 Å². The zero-order valence-corrected chi connectivity index (χ0v) is 23.2. The lowest BCUT2D eigenvalue weighted by molar-refractivity contribution is -0.141. The number of nitrogens with zero attached hydrogens (tertiary/aromatic N) is 2. The second-order valence-electron chi connectivity index (χ2n) is 9.88. The fraction of sp³-hybridized carbons (Fsp3) is 0.379. The van der Waals surface area contributed by atoms with E-state index in [0.717, 1.165) is 29.8 Å². The molecule has 4 N–H and O–H groups in total. The number of nitrogens with one attached hydrogen (secondary N) is 2. The van der Waals surface area contributed by atoms with Gasteiger partial charge in [0, 0.05) is 13.0 Å². The van der Waals surface area contributed by atoms with E-state index in [1.807, 2.05) is 42.7 Å². The van der Waals surface area contributed by atoms with Crippen LogP contribution in [0.3, 0.4) is 0 Å². The lowest BCUT2D eigenvalue weighted by Crippen LogP contribution is -2.41. The van der Waals surface area contributed by atoms with Gasteiger partial charge in [-0.3, -0.25) is 14.8 Å². The molecule has 0 aliphatic heterocycles.